The van der Waals surface area contributed by atoms with E-state index in [0.29, 0.717) is 39.5 Å². The van der Waals surface area contributed by atoms with Crippen molar-refractivity contribution >= 4 is 5.91 Å². The summed E-state index contributed by atoms with van der Waals surface area (Å²) in [7, 11) is 0. The van der Waals surface area contributed by atoms with Gasteiger partial charge in [0.2, 0.25) is 5.91 Å². The number of rotatable bonds is 9. The topological polar surface area (TPSA) is 38.8 Å². The molecule has 0 spiro atoms. The van der Waals surface area contributed by atoms with Crippen LogP contribution in [-0.2, 0) is 14.3 Å². The van der Waals surface area contributed by atoms with Crippen molar-refractivity contribution in [3.8, 4) is 0 Å². The van der Waals surface area contributed by atoms with Gasteiger partial charge in [-0.1, -0.05) is 0 Å². The van der Waals surface area contributed by atoms with Crippen LogP contribution in [0.25, 0.3) is 0 Å². The second-order valence-corrected chi connectivity index (χ2v) is 3.99. The summed E-state index contributed by atoms with van der Waals surface area (Å²) in [6, 6.07) is 0. The molecule has 0 aliphatic heterocycles. The van der Waals surface area contributed by atoms with Crippen molar-refractivity contribution in [1.29, 1.82) is 0 Å². The first-order valence-electron chi connectivity index (χ1n) is 6.23. The molecule has 0 atom stereocenters. The first kappa shape index (κ1) is 13.5. The van der Waals surface area contributed by atoms with Crippen molar-refractivity contribution in [2.45, 2.75) is 26.7 Å². The average molecular weight is 229 g/mol. The largest absolute Gasteiger partial charge is 0.380 e. The third kappa shape index (κ3) is 4.94. The summed E-state index contributed by atoms with van der Waals surface area (Å²) in [4.78, 5) is 13.8. The van der Waals surface area contributed by atoms with Crippen molar-refractivity contribution in [2.75, 3.05) is 39.5 Å². The second kappa shape index (κ2) is 7.63. The van der Waals surface area contributed by atoms with Crippen molar-refractivity contribution < 1.29 is 14.3 Å². The van der Waals surface area contributed by atoms with E-state index >= 15 is 0 Å². The van der Waals surface area contributed by atoms with E-state index in [9.17, 15) is 4.79 Å². The number of carbonyl (C=O) groups is 1. The molecule has 0 aromatic rings. The molecule has 1 aliphatic rings. The van der Waals surface area contributed by atoms with Gasteiger partial charge in [0, 0.05) is 32.2 Å². The SMILES string of the molecule is CCOCCN(CCOCC)C(=O)C1CC1. The first-order chi connectivity index (χ1) is 7.79. The number of hydrogen-bond acceptors (Lipinski definition) is 3. The maximum Gasteiger partial charge on any atom is 0.225 e. The summed E-state index contributed by atoms with van der Waals surface area (Å²) in [6.07, 6.45) is 2.11. The molecule has 0 aromatic carbocycles. The standard InChI is InChI=1S/C12H23NO3/c1-3-15-9-7-13(8-10-16-4-2)12(14)11-5-6-11/h11H,3-10H2,1-2H3. The molecule has 4 heteroatoms. The van der Waals surface area contributed by atoms with Gasteiger partial charge in [-0.15, -0.1) is 0 Å². The Balaban J connectivity index is 2.25. The zero-order valence-corrected chi connectivity index (χ0v) is 10.4. The molecule has 1 saturated carbocycles. The van der Waals surface area contributed by atoms with E-state index in [1.807, 2.05) is 18.7 Å². The smallest absolute Gasteiger partial charge is 0.225 e. The Morgan fingerprint density at radius 2 is 1.62 bits per heavy atom. The predicted molar refractivity (Wildman–Crippen MR) is 62.3 cm³/mol. The minimum Gasteiger partial charge on any atom is -0.380 e. The lowest BCUT2D eigenvalue weighted by Crippen LogP contribution is -2.37. The third-order valence-electron chi connectivity index (χ3n) is 2.66. The molecule has 1 amide bonds. The molecule has 1 aliphatic carbocycles. The molecule has 0 N–H and O–H groups in total. The molecular formula is C12H23NO3. The van der Waals surface area contributed by atoms with Crippen LogP contribution in [0.1, 0.15) is 26.7 Å². The van der Waals surface area contributed by atoms with E-state index in [0.717, 1.165) is 12.8 Å². The molecule has 0 radical (unpaired) electrons. The minimum absolute atomic E-state index is 0.277. The van der Waals surface area contributed by atoms with Gasteiger partial charge in [-0.25, -0.2) is 0 Å². The van der Waals surface area contributed by atoms with Crippen LogP contribution in [0, 0.1) is 5.92 Å². The van der Waals surface area contributed by atoms with E-state index in [1.165, 1.54) is 0 Å². The Bertz CT molecular complexity index is 194. The normalized spacial score (nSPS) is 15.1. The van der Waals surface area contributed by atoms with Gasteiger partial charge in [0.05, 0.1) is 13.2 Å². The summed E-state index contributed by atoms with van der Waals surface area (Å²) < 4.78 is 10.6. The summed E-state index contributed by atoms with van der Waals surface area (Å²) in [5, 5.41) is 0. The van der Waals surface area contributed by atoms with Crippen LogP contribution in [0.3, 0.4) is 0 Å². The van der Waals surface area contributed by atoms with Gasteiger partial charge in [0.15, 0.2) is 0 Å². The predicted octanol–water partition coefficient (Wildman–Crippen LogP) is 1.30. The van der Waals surface area contributed by atoms with Crippen LogP contribution in [-0.4, -0.2) is 50.3 Å². The minimum atomic E-state index is 0.277. The number of carbonyl (C=O) groups excluding carboxylic acids is 1. The quantitative estimate of drug-likeness (QED) is 0.559. The number of amides is 1. The molecule has 1 rings (SSSR count). The van der Waals surface area contributed by atoms with Crippen molar-refractivity contribution in [3.05, 3.63) is 0 Å². The van der Waals surface area contributed by atoms with E-state index in [4.69, 9.17) is 9.47 Å². The molecular weight excluding hydrogens is 206 g/mol. The van der Waals surface area contributed by atoms with E-state index in [2.05, 4.69) is 0 Å². The molecule has 16 heavy (non-hydrogen) atoms. The Labute approximate surface area is 97.9 Å². The van der Waals surface area contributed by atoms with Gasteiger partial charge >= 0.3 is 0 Å². The van der Waals surface area contributed by atoms with Crippen LogP contribution in [0.2, 0.25) is 0 Å². The lowest BCUT2D eigenvalue weighted by molar-refractivity contribution is -0.134. The second-order valence-electron chi connectivity index (χ2n) is 3.99. The lowest BCUT2D eigenvalue weighted by atomic mass is 10.3. The number of nitrogens with zero attached hydrogens (tertiary/aromatic N) is 1. The van der Waals surface area contributed by atoms with Crippen LogP contribution in [0.15, 0.2) is 0 Å². The number of ether oxygens (including phenoxy) is 2. The molecule has 1 fully saturated rings. The molecule has 4 nitrogen and oxygen atoms in total. The van der Waals surface area contributed by atoms with Crippen molar-refractivity contribution in [2.24, 2.45) is 5.92 Å². The zero-order valence-electron chi connectivity index (χ0n) is 10.4. The highest BCUT2D eigenvalue weighted by Gasteiger charge is 2.32. The molecule has 94 valence electrons. The molecule has 0 saturated heterocycles. The summed E-state index contributed by atoms with van der Waals surface area (Å²) >= 11 is 0. The molecule has 0 aromatic heterocycles. The molecule has 0 bridgehead atoms. The lowest BCUT2D eigenvalue weighted by Gasteiger charge is -2.22. The fourth-order valence-corrected chi connectivity index (χ4v) is 1.56. The van der Waals surface area contributed by atoms with Crippen molar-refractivity contribution in [1.82, 2.24) is 4.90 Å². The van der Waals surface area contributed by atoms with Crippen LogP contribution in [0.5, 0.6) is 0 Å². The van der Waals surface area contributed by atoms with E-state index in [-0.39, 0.29) is 11.8 Å². The summed E-state index contributed by atoms with van der Waals surface area (Å²) in [6.45, 7) is 7.98. The third-order valence-corrected chi connectivity index (χ3v) is 2.66. The van der Waals surface area contributed by atoms with E-state index < -0.39 is 0 Å². The number of hydrogen-bond donors (Lipinski definition) is 0. The molecule has 0 heterocycles. The first-order valence-corrected chi connectivity index (χ1v) is 6.23. The van der Waals surface area contributed by atoms with Crippen LogP contribution < -0.4 is 0 Å². The summed E-state index contributed by atoms with van der Waals surface area (Å²) in [5.41, 5.74) is 0. The highest BCUT2D eigenvalue weighted by Crippen LogP contribution is 2.30. The monoisotopic (exact) mass is 229 g/mol. The zero-order chi connectivity index (χ0) is 11.8. The van der Waals surface area contributed by atoms with E-state index in [1.54, 1.807) is 0 Å². The van der Waals surface area contributed by atoms with Crippen LogP contribution >= 0.6 is 0 Å². The van der Waals surface area contributed by atoms with Gasteiger partial charge in [-0.2, -0.15) is 0 Å². The fraction of sp³-hybridized carbons (Fsp3) is 0.917. The Morgan fingerprint density at radius 3 is 2.00 bits per heavy atom. The van der Waals surface area contributed by atoms with Gasteiger partial charge < -0.3 is 14.4 Å². The van der Waals surface area contributed by atoms with Crippen LogP contribution in [0.4, 0.5) is 0 Å². The Morgan fingerprint density at radius 1 is 1.12 bits per heavy atom. The molecule has 0 unspecified atom stereocenters. The maximum absolute atomic E-state index is 11.9. The van der Waals surface area contributed by atoms with Gasteiger partial charge in [0.1, 0.15) is 0 Å². The van der Waals surface area contributed by atoms with Gasteiger partial charge in [-0.05, 0) is 26.7 Å². The fourth-order valence-electron chi connectivity index (χ4n) is 1.56. The average Bonchev–Trinajstić information content (AvgIpc) is 3.10. The van der Waals surface area contributed by atoms with Crippen molar-refractivity contribution in [3.63, 3.8) is 0 Å². The van der Waals surface area contributed by atoms with Gasteiger partial charge in [0.25, 0.3) is 0 Å². The maximum atomic E-state index is 11.9. The summed E-state index contributed by atoms with van der Waals surface area (Å²) in [5.74, 6) is 0.558. The highest BCUT2D eigenvalue weighted by atomic mass is 16.5. The highest BCUT2D eigenvalue weighted by molar-refractivity contribution is 5.81. The van der Waals surface area contributed by atoms with Gasteiger partial charge in [-0.3, -0.25) is 4.79 Å². The Kier molecular flexibility index (Phi) is 6.42. The Hall–Kier alpha value is -0.610.